The molecular formula is C10H19NO4S. The van der Waals surface area contributed by atoms with Gasteiger partial charge < -0.3 is 10.5 Å². The van der Waals surface area contributed by atoms with Gasteiger partial charge in [-0.1, -0.05) is 6.92 Å². The van der Waals surface area contributed by atoms with Crippen molar-refractivity contribution in [1.82, 2.24) is 0 Å². The molecule has 0 radical (unpaired) electrons. The van der Waals surface area contributed by atoms with E-state index in [-0.39, 0.29) is 18.8 Å². The fourth-order valence-electron chi connectivity index (χ4n) is 2.03. The van der Waals surface area contributed by atoms with Crippen LogP contribution in [0.5, 0.6) is 0 Å². The van der Waals surface area contributed by atoms with Crippen LogP contribution in [0, 0.1) is 0 Å². The van der Waals surface area contributed by atoms with E-state index in [1.54, 1.807) is 13.8 Å². The van der Waals surface area contributed by atoms with Crippen LogP contribution in [0.1, 0.15) is 33.1 Å². The second kappa shape index (κ2) is 4.71. The normalized spacial score (nSPS) is 30.3. The molecule has 5 nitrogen and oxygen atoms in total. The molecular weight excluding hydrogens is 230 g/mol. The zero-order valence-corrected chi connectivity index (χ0v) is 10.5. The molecule has 2 N–H and O–H groups in total. The number of nitrogens with two attached hydrogens (primary N) is 1. The van der Waals surface area contributed by atoms with Crippen LogP contribution in [0.3, 0.4) is 0 Å². The average Bonchev–Trinajstić information content (AvgIpc) is 2.63. The van der Waals surface area contributed by atoms with Crippen LogP contribution in [-0.2, 0) is 19.4 Å². The van der Waals surface area contributed by atoms with Gasteiger partial charge >= 0.3 is 5.97 Å². The summed E-state index contributed by atoms with van der Waals surface area (Å²) in [7, 11) is -3.11. The van der Waals surface area contributed by atoms with Crippen molar-refractivity contribution in [3.63, 3.8) is 0 Å². The van der Waals surface area contributed by atoms with Crippen molar-refractivity contribution in [3.8, 4) is 0 Å². The van der Waals surface area contributed by atoms with E-state index in [0.717, 1.165) is 0 Å². The maximum atomic E-state index is 11.7. The minimum absolute atomic E-state index is 0.0938. The topological polar surface area (TPSA) is 86.5 Å². The molecule has 0 aromatic rings. The summed E-state index contributed by atoms with van der Waals surface area (Å²) in [5.74, 6) is -0.389. The lowest BCUT2D eigenvalue weighted by molar-refractivity contribution is -0.149. The third-order valence-corrected chi connectivity index (χ3v) is 5.32. The Bertz CT molecular complexity index is 365. The van der Waals surface area contributed by atoms with Gasteiger partial charge in [-0.3, -0.25) is 4.79 Å². The lowest BCUT2D eigenvalue weighted by atomic mass is 10.00. The Labute approximate surface area is 96.3 Å². The monoisotopic (exact) mass is 249 g/mol. The molecule has 1 aliphatic carbocycles. The Morgan fingerprint density at radius 2 is 2.12 bits per heavy atom. The summed E-state index contributed by atoms with van der Waals surface area (Å²) < 4.78 is 28.2. The molecule has 1 aliphatic rings. The third kappa shape index (κ3) is 2.55. The number of hydrogen-bond acceptors (Lipinski definition) is 5. The molecule has 0 spiro atoms. The zero-order valence-electron chi connectivity index (χ0n) is 9.73. The van der Waals surface area contributed by atoms with E-state index in [1.165, 1.54) is 0 Å². The quantitative estimate of drug-likeness (QED) is 0.721. The molecule has 0 bridgehead atoms. The van der Waals surface area contributed by atoms with Gasteiger partial charge in [0.1, 0.15) is 5.54 Å². The molecule has 6 heteroatoms. The summed E-state index contributed by atoms with van der Waals surface area (Å²) in [4.78, 5) is 11.6. The molecule has 0 amide bonds. The van der Waals surface area contributed by atoms with Crippen LogP contribution < -0.4 is 5.73 Å². The molecule has 0 unspecified atom stereocenters. The first-order chi connectivity index (χ1) is 7.35. The smallest absolute Gasteiger partial charge is 0.326 e. The highest BCUT2D eigenvalue weighted by Gasteiger charge is 2.46. The van der Waals surface area contributed by atoms with Crippen LogP contribution >= 0.6 is 0 Å². The van der Waals surface area contributed by atoms with E-state index >= 15 is 0 Å². The second-order valence-corrected chi connectivity index (χ2v) is 6.76. The van der Waals surface area contributed by atoms with Gasteiger partial charge in [0.15, 0.2) is 9.84 Å². The fraction of sp³-hybridized carbons (Fsp3) is 0.900. The minimum Gasteiger partial charge on any atom is -0.465 e. The minimum atomic E-state index is -3.11. The number of hydrogen-bond donors (Lipinski definition) is 1. The number of carbonyl (C=O) groups excluding carboxylic acids is 1. The predicted octanol–water partition coefficient (Wildman–Crippen LogP) is 0.234. The van der Waals surface area contributed by atoms with E-state index in [1.807, 2.05) is 0 Å². The van der Waals surface area contributed by atoms with E-state index in [4.69, 9.17) is 10.5 Å². The molecule has 94 valence electrons. The highest BCUT2D eigenvalue weighted by molar-refractivity contribution is 7.92. The Kier molecular flexibility index (Phi) is 3.96. The fourth-order valence-corrected chi connectivity index (χ4v) is 3.53. The molecule has 2 atom stereocenters. The Hall–Kier alpha value is -0.620. The molecule has 0 saturated heterocycles. The molecule has 1 saturated carbocycles. The molecule has 0 heterocycles. The summed E-state index contributed by atoms with van der Waals surface area (Å²) in [5, 5.41) is -0.494. The van der Waals surface area contributed by atoms with Crippen molar-refractivity contribution in [2.75, 3.05) is 12.4 Å². The van der Waals surface area contributed by atoms with Crippen LogP contribution in [0.25, 0.3) is 0 Å². The van der Waals surface area contributed by atoms with Crippen LogP contribution in [0.15, 0.2) is 0 Å². The van der Waals surface area contributed by atoms with Crippen molar-refractivity contribution >= 4 is 15.8 Å². The van der Waals surface area contributed by atoms with Gasteiger partial charge in [-0.15, -0.1) is 0 Å². The van der Waals surface area contributed by atoms with E-state index in [0.29, 0.717) is 12.8 Å². The third-order valence-electron chi connectivity index (χ3n) is 3.10. The van der Waals surface area contributed by atoms with E-state index in [9.17, 15) is 13.2 Å². The van der Waals surface area contributed by atoms with Crippen LogP contribution in [0.2, 0.25) is 0 Å². The zero-order chi connectivity index (χ0) is 12.4. The van der Waals surface area contributed by atoms with Gasteiger partial charge in [-0.2, -0.15) is 0 Å². The van der Waals surface area contributed by atoms with E-state index in [2.05, 4.69) is 0 Å². The summed E-state index contributed by atoms with van der Waals surface area (Å²) in [5.41, 5.74) is 4.78. The van der Waals surface area contributed by atoms with Crippen molar-refractivity contribution < 1.29 is 17.9 Å². The molecule has 1 rings (SSSR count). The van der Waals surface area contributed by atoms with Crippen molar-refractivity contribution in [1.29, 1.82) is 0 Å². The van der Waals surface area contributed by atoms with E-state index < -0.39 is 26.6 Å². The SMILES string of the molecule is CCOC(=O)[C@@]1(N)CC[C@H](S(=O)(=O)CC)C1. The molecule has 1 fully saturated rings. The lowest BCUT2D eigenvalue weighted by Crippen LogP contribution is -2.47. The maximum Gasteiger partial charge on any atom is 0.326 e. The number of sulfone groups is 1. The number of carbonyl (C=O) groups is 1. The Morgan fingerprint density at radius 3 is 2.62 bits per heavy atom. The average molecular weight is 249 g/mol. The summed E-state index contributed by atoms with van der Waals surface area (Å²) in [6, 6.07) is 0. The van der Waals surface area contributed by atoms with Crippen molar-refractivity contribution in [2.24, 2.45) is 5.73 Å². The van der Waals surface area contributed by atoms with Gasteiger partial charge in [-0.05, 0) is 26.2 Å². The molecule has 0 aromatic carbocycles. The van der Waals surface area contributed by atoms with Crippen molar-refractivity contribution in [2.45, 2.75) is 43.9 Å². The predicted molar refractivity (Wildman–Crippen MR) is 60.7 cm³/mol. The Morgan fingerprint density at radius 1 is 1.50 bits per heavy atom. The lowest BCUT2D eigenvalue weighted by Gasteiger charge is -2.21. The van der Waals surface area contributed by atoms with Gasteiger partial charge in [0, 0.05) is 5.75 Å². The van der Waals surface area contributed by atoms with Gasteiger partial charge in [0.05, 0.1) is 11.9 Å². The van der Waals surface area contributed by atoms with Gasteiger partial charge in [0.25, 0.3) is 0 Å². The Balaban J connectivity index is 2.75. The van der Waals surface area contributed by atoms with Crippen LogP contribution in [0.4, 0.5) is 0 Å². The molecule has 16 heavy (non-hydrogen) atoms. The standard InChI is InChI=1S/C10H19NO4S/c1-3-15-9(12)10(11)6-5-8(7-10)16(13,14)4-2/h8H,3-7,11H2,1-2H3/t8-,10+/m0/s1. The number of ether oxygens (including phenoxy) is 1. The maximum absolute atomic E-state index is 11.7. The summed E-state index contributed by atoms with van der Waals surface area (Å²) in [6.45, 7) is 3.58. The summed E-state index contributed by atoms with van der Waals surface area (Å²) >= 11 is 0. The first kappa shape index (κ1) is 13.4. The first-order valence-corrected chi connectivity index (χ1v) is 7.25. The second-order valence-electron chi connectivity index (χ2n) is 4.19. The number of rotatable bonds is 4. The highest BCUT2D eigenvalue weighted by Crippen LogP contribution is 2.33. The van der Waals surface area contributed by atoms with Gasteiger partial charge in [0.2, 0.25) is 0 Å². The van der Waals surface area contributed by atoms with Crippen LogP contribution in [-0.4, -0.2) is 37.5 Å². The molecule has 0 aromatic heterocycles. The van der Waals surface area contributed by atoms with Crippen molar-refractivity contribution in [3.05, 3.63) is 0 Å². The molecule has 0 aliphatic heterocycles. The number of esters is 1. The largest absolute Gasteiger partial charge is 0.465 e. The van der Waals surface area contributed by atoms with Gasteiger partial charge in [-0.25, -0.2) is 8.42 Å². The summed E-state index contributed by atoms with van der Waals surface area (Å²) in [6.07, 6.45) is 1.02. The highest BCUT2D eigenvalue weighted by atomic mass is 32.2. The first-order valence-electron chi connectivity index (χ1n) is 5.53.